The quantitative estimate of drug-likeness (QED) is 0.628. The Morgan fingerprint density at radius 1 is 1.38 bits per heavy atom. The molecule has 1 aromatic rings. The fourth-order valence-electron chi connectivity index (χ4n) is 1.37. The molecular weight excluding hydrogens is 220 g/mol. The van der Waals surface area contributed by atoms with Crippen LogP contribution in [0.1, 0.15) is 25.3 Å². The summed E-state index contributed by atoms with van der Waals surface area (Å²) in [5, 5.41) is 1.02. The minimum absolute atomic E-state index is 0.364. The van der Waals surface area contributed by atoms with Crippen molar-refractivity contribution < 1.29 is 0 Å². The first-order chi connectivity index (χ1) is 7.52. The normalized spacial score (nSPS) is 11.4. The first-order valence-electron chi connectivity index (χ1n) is 5.40. The molecule has 0 amide bonds. The number of nitrogen functional groups attached to an aromatic ring is 1. The summed E-state index contributed by atoms with van der Waals surface area (Å²) < 4.78 is 0. The van der Waals surface area contributed by atoms with Crippen molar-refractivity contribution in [1.82, 2.24) is 14.9 Å². The van der Waals surface area contributed by atoms with Crippen molar-refractivity contribution >= 4 is 17.6 Å². The second-order valence-electron chi connectivity index (χ2n) is 4.28. The number of anilines is 1. The van der Waals surface area contributed by atoms with Gasteiger partial charge in [0.2, 0.25) is 0 Å². The summed E-state index contributed by atoms with van der Waals surface area (Å²) in [6.45, 7) is 5.27. The first-order valence-corrected chi connectivity index (χ1v) is 6.38. The molecule has 1 rings (SSSR count). The third-order valence-electron chi connectivity index (χ3n) is 2.23. The molecule has 0 fully saturated rings. The highest BCUT2D eigenvalue weighted by molar-refractivity contribution is 7.99. The van der Waals surface area contributed by atoms with Crippen molar-refractivity contribution in [1.29, 1.82) is 0 Å². The van der Waals surface area contributed by atoms with Gasteiger partial charge in [0.05, 0.1) is 0 Å². The standard InChI is InChI=1S/C11H20N4S/c1-8(2)9-10(12)13-7-14-11(9)16-6-5-15(3)4/h7-8H,5-6H2,1-4H3,(H2,12,13,14). The van der Waals surface area contributed by atoms with Gasteiger partial charge >= 0.3 is 0 Å². The van der Waals surface area contributed by atoms with Gasteiger partial charge in [0.25, 0.3) is 0 Å². The Balaban J connectivity index is 2.75. The van der Waals surface area contributed by atoms with Gasteiger partial charge in [-0.15, -0.1) is 11.8 Å². The average Bonchev–Trinajstić information content (AvgIpc) is 2.16. The molecular formula is C11H20N4S. The molecule has 0 aliphatic heterocycles. The van der Waals surface area contributed by atoms with Crippen LogP contribution in [0.5, 0.6) is 0 Å². The lowest BCUT2D eigenvalue weighted by Crippen LogP contribution is -2.15. The molecule has 0 aliphatic carbocycles. The van der Waals surface area contributed by atoms with Gasteiger partial charge in [-0.25, -0.2) is 9.97 Å². The summed E-state index contributed by atoms with van der Waals surface area (Å²) in [4.78, 5) is 10.5. The van der Waals surface area contributed by atoms with Crippen LogP contribution >= 0.6 is 11.8 Å². The zero-order valence-electron chi connectivity index (χ0n) is 10.4. The maximum absolute atomic E-state index is 5.88. The average molecular weight is 240 g/mol. The van der Waals surface area contributed by atoms with Gasteiger partial charge in [-0.1, -0.05) is 13.8 Å². The number of nitrogens with zero attached hydrogens (tertiary/aromatic N) is 3. The number of thioether (sulfide) groups is 1. The zero-order chi connectivity index (χ0) is 12.1. The summed E-state index contributed by atoms with van der Waals surface area (Å²) in [6.07, 6.45) is 1.54. The van der Waals surface area contributed by atoms with Gasteiger partial charge in [0.15, 0.2) is 0 Å². The third-order valence-corrected chi connectivity index (χ3v) is 3.22. The second kappa shape index (κ2) is 6.06. The molecule has 4 nitrogen and oxygen atoms in total. The minimum Gasteiger partial charge on any atom is -0.383 e. The van der Waals surface area contributed by atoms with Crippen molar-refractivity contribution in [2.24, 2.45) is 0 Å². The summed E-state index contributed by atoms with van der Waals surface area (Å²) in [5.41, 5.74) is 6.95. The lowest BCUT2D eigenvalue weighted by Gasteiger charge is -2.14. The Morgan fingerprint density at radius 3 is 2.62 bits per heavy atom. The van der Waals surface area contributed by atoms with E-state index in [-0.39, 0.29) is 0 Å². The van der Waals surface area contributed by atoms with Crippen LogP contribution in [0.4, 0.5) is 5.82 Å². The fourth-order valence-corrected chi connectivity index (χ4v) is 2.64. The highest BCUT2D eigenvalue weighted by Gasteiger charge is 2.12. The van der Waals surface area contributed by atoms with E-state index >= 15 is 0 Å². The van der Waals surface area contributed by atoms with Crippen molar-refractivity contribution in [2.75, 3.05) is 32.1 Å². The van der Waals surface area contributed by atoms with E-state index in [1.807, 2.05) is 0 Å². The molecule has 5 heteroatoms. The van der Waals surface area contributed by atoms with E-state index in [0.29, 0.717) is 11.7 Å². The van der Waals surface area contributed by atoms with Gasteiger partial charge in [0.1, 0.15) is 17.2 Å². The maximum Gasteiger partial charge on any atom is 0.131 e. The lowest BCUT2D eigenvalue weighted by molar-refractivity contribution is 0.437. The second-order valence-corrected chi connectivity index (χ2v) is 5.37. The molecule has 0 aliphatic rings. The van der Waals surface area contributed by atoms with E-state index < -0.39 is 0 Å². The van der Waals surface area contributed by atoms with E-state index in [0.717, 1.165) is 22.9 Å². The minimum atomic E-state index is 0.364. The highest BCUT2D eigenvalue weighted by atomic mass is 32.2. The molecule has 1 aromatic heterocycles. The van der Waals surface area contributed by atoms with E-state index in [9.17, 15) is 0 Å². The Hall–Kier alpha value is -0.810. The van der Waals surface area contributed by atoms with Gasteiger partial charge < -0.3 is 10.6 Å². The molecule has 0 atom stereocenters. The molecule has 90 valence electrons. The molecule has 0 unspecified atom stereocenters. The van der Waals surface area contributed by atoms with Crippen LogP contribution in [0.15, 0.2) is 11.4 Å². The van der Waals surface area contributed by atoms with E-state index in [2.05, 4.69) is 42.8 Å². The predicted octanol–water partition coefficient (Wildman–Crippen LogP) is 1.84. The smallest absolute Gasteiger partial charge is 0.131 e. The Bertz CT molecular complexity index is 339. The largest absolute Gasteiger partial charge is 0.383 e. The van der Waals surface area contributed by atoms with Gasteiger partial charge in [-0.2, -0.15) is 0 Å². The fraction of sp³-hybridized carbons (Fsp3) is 0.636. The third kappa shape index (κ3) is 3.64. The molecule has 1 heterocycles. The monoisotopic (exact) mass is 240 g/mol. The van der Waals surface area contributed by atoms with Crippen molar-refractivity contribution in [3.8, 4) is 0 Å². The molecule has 0 saturated heterocycles. The summed E-state index contributed by atoms with van der Waals surface area (Å²) in [5.74, 6) is 1.99. The van der Waals surface area contributed by atoms with Crippen LogP contribution in [0, 0.1) is 0 Å². The maximum atomic E-state index is 5.88. The van der Waals surface area contributed by atoms with Crippen molar-refractivity contribution in [3.05, 3.63) is 11.9 Å². The van der Waals surface area contributed by atoms with Crippen LogP contribution in [-0.4, -0.2) is 41.3 Å². The number of rotatable bonds is 5. The van der Waals surface area contributed by atoms with Crippen LogP contribution in [-0.2, 0) is 0 Å². The Morgan fingerprint density at radius 2 is 2.06 bits per heavy atom. The first kappa shape index (κ1) is 13.3. The van der Waals surface area contributed by atoms with Crippen LogP contribution in [0.3, 0.4) is 0 Å². The molecule has 0 aromatic carbocycles. The Labute approximate surface area is 102 Å². The molecule has 0 bridgehead atoms. The lowest BCUT2D eigenvalue weighted by atomic mass is 10.1. The van der Waals surface area contributed by atoms with Gasteiger partial charge in [-0.05, 0) is 20.0 Å². The summed E-state index contributed by atoms with van der Waals surface area (Å²) in [7, 11) is 4.14. The van der Waals surface area contributed by atoms with Gasteiger partial charge in [0, 0.05) is 17.9 Å². The van der Waals surface area contributed by atoms with Crippen LogP contribution in [0.2, 0.25) is 0 Å². The summed E-state index contributed by atoms with van der Waals surface area (Å²) >= 11 is 1.75. The topological polar surface area (TPSA) is 55.0 Å². The van der Waals surface area contributed by atoms with Crippen LogP contribution in [0.25, 0.3) is 0 Å². The number of hydrogen-bond donors (Lipinski definition) is 1. The molecule has 16 heavy (non-hydrogen) atoms. The molecule has 0 saturated carbocycles. The van der Waals surface area contributed by atoms with Crippen molar-refractivity contribution in [3.63, 3.8) is 0 Å². The summed E-state index contributed by atoms with van der Waals surface area (Å²) in [6, 6.07) is 0. The number of hydrogen-bond acceptors (Lipinski definition) is 5. The Kier molecular flexibility index (Phi) is 5.02. The number of aromatic nitrogens is 2. The zero-order valence-corrected chi connectivity index (χ0v) is 11.2. The van der Waals surface area contributed by atoms with Crippen LogP contribution < -0.4 is 5.73 Å². The van der Waals surface area contributed by atoms with Gasteiger partial charge in [-0.3, -0.25) is 0 Å². The molecule has 0 spiro atoms. The van der Waals surface area contributed by atoms with E-state index in [1.165, 1.54) is 0 Å². The number of nitrogens with two attached hydrogens (primary N) is 1. The SMILES string of the molecule is CC(C)c1c(N)ncnc1SCCN(C)C. The van der Waals surface area contributed by atoms with E-state index in [4.69, 9.17) is 5.73 Å². The van der Waals surface area contributed by atoms with E-state index in [1.54, 1.807) is 18.1 Å². The molecule has 2 N–H and O–H groups in total. The van der Waals surface area contributed by atoms with Crippen molar-refractivity contribution in [2.45, 2.75) is 24.8 Å². The molecule has 0 radical (unpaired) electrons. The predicted molar refractivity (Wildman–Crippen MR) is 69.8 cm³/mol. The highest BCUT2D eigenvalue weighted by Crippen LogP contribution is 2.29.